The quantitative estimate of drug-likeness (QED) is 0.928. The first-order chi connectivity index (χ1) is 9.79. The molecule has 1 amide bonds. The normalized spacial score (nSPS) is 22.3. The van der Waals surface area contributed by atoms with Crippen molar-refractivity contribution < 1.29 is 27.9 Å². The lowest BCUT2D eigenvalue weighted by Crippen LogP contribution is -2.40. The number of carbonyl (C=O) groups excluding carboxylic acids is 1. The molecule has 4 nitrogen and oxygen atoms in total. The molecule has 1 aliphatic heterocycles. The number of hydrogen-bond acceptors (Lipinski definition) is 2. The lowest BCUT2D eigenvalue weighted by atomic mass is 9.90. The first-order valence-electron chi connectivity index (χ1n) is 6.42. The van der Waals surface area contributed by atoms with E-state index in [9.17, 15) is 22.8 Å². The number of carboxylic acids is 1. The molecule has 1 aliphatic rings. The largest absolute Gasteiger partial charge is 0.481 e. The SMILES string of the molecule is O=C(O)[C@@H]1CN(C(=O)C(F)(F)F)C[C@H]1Cc1ccccc1. The summed E-state index contributed by atoms with van der Waals surface area (Å²) in [4.78, 5) is 23.0. The van der Waals surface area contributed by atoms with Gasteiger partial charge in [0, 0.05) is 13.1 Å². The van der Waals surface area contributed by atoms with Gasteiger partial charge < -0.3 is 10.0 Å². The number of carbonyl (C=O) groups is 2. The monoisotopic (exact) mass is 301 g/mol. The number of benzene rings is 1. The number of nitrogens with zero attached hydrogens (tertiary/aromatic N) is 1. The molecule has 2 rings (SSSR count). The lowest BCUT2D eigenvalue weighted by Gasteiger charge is -2.17. The van der Waals surface area contributed by atoms with Crippen LogP contribution >= 0.6 is 0 Å². The van der Waals surface area contributed by atoms with Crippen LogP contribution < -0.4 is 0 Å². The molecule has 2 atom stereocenters. The van der Waals surface area contributed by atoms with Crippen molar-refractivity contribution in [3.05, 3.63) is 35.9 Å². The van der Waals surface area contributed by atoms with Gasteiger partial charge in [-0.15, -0.1) is 0 Å². The Hall–Kier alpha value is -2.05. The van der Waals surface area contributed by atoms with E-state index in [2.05, 4.69) is 0 Å². The number of aliphatic carboxylic acids is 1. The van der Waals surface area contributed by atoms with Gasteiger partial charge in [0.2, 0.25) is 0 Å². The van der Waals surface area contributed by atoms with E-state index in [0.717, 1.165) is 5.56 Å². The summed E-state index contributed by atoms with van der Waals surface area (Å²) in [5.41, 5.74) is 0.843. The number of amides is 1. The van der Waals surface area contributed by atoms with Crippen LogP contribution in [0.4, 0.5) is 13.2 Å². The molecule has 0 radical (unpaired) electrons. The molecule has 1 aromatic carbocycles. The summed E-state index contributed by atoms with van der Waals surface area (Å²) in [5.74, 6) is -4.63. The van der Waals surface area contributed by atoms with E-state index in [0.29, 0.717) is 11.3 Å². The van der Waals surface area contributed by atoms with Gasteiger partial charge in [0.15, 0.2) is 0 Å². The molecule has 114 valence electrons. The van der Waals surface area contributed by atoms with E-state index in [1.807, 2.05) is 0 Å². The van der Waals surface area contributed by atoms with Crippen molar-refractivity contribution >= 4 is 11.9 Å². The summed E-state index contributed by atoms with van der Waals surface area (Å²) >= 11 is 0. The van der Waals surface area contributed by atoms with E-state index >= 15 is 0 Å². The minimum Gasteiger partial charge on any atom is -0.481 e. The van der Waals surface area contributed by atoms with E-state index < -0.39 is 36.4 Å². The van der Waals surface area contributed by atoms with Crippen LogP contribution in [0, 0.1) is 11.8 Å². The van der Waals surface area contributed by atoms with Gasteiger partial charge in [-0.2, -0.15) is 13.2 Å². The van der Waals surface area contributed by atoms with Gasteiger partial charge in [-0.3, -0.25) is 9.59 Å². The van der Waals surface area contributed by atoms with Crippen LogP contribution in [0.15, 0.2) is 30.3 Å². The van der Waals surface area contributed by atoms with E-state index in [4.69, 9.17) is 5.11 Å². The van der Waals surface area contributed by atoms with Gasteiger partial charge in [-0.25, -0.2) is 0 Å². The van der Waals surface area contributed by atoms with Crippen molar-refractivity contribution in [3.8, 4) is 0 Å². The molecule has 0 spiro atoms. The maximum atomic E-state index is 12.4. The fraction of sp³-hybridized carbons (Fsp3) is 0.429. The molecule has 1 N–H and O–H groups in total. The van der Waals surface area contributed by atoms with Crippen molar-refractivity contribution in [2.45, 2.75) is 12.6 Å². The van der Waals surface area contributed by atoms with Crippen LogP contribution in [0.3, 0.4) is 0 Å². The molecule has 0 bridgehead atoms. The second kappa shape index (κ2) is 5.75. The number of hydrogen-bond donors (Lipinski definition) is 1. The average molecular weight is 301 g/mol. The molecule has 0 aliphatic carbocycles. The molecule has 0 unspecified atom stereocenters. The highest BCUT2D eigenvalue weighted by atomic mass is 19.4. The van der Waals surface area contributed by atoms with E-state index in [1.165, 1.54) is 0 Å². The van der Waals surface area contributed by atoms with E-state index in [-0.39, 0.29) is 6.54 Å². The molecule has 21 heavy (non-hydrogen) atoms. The molecular weight excluding hydrogens is 287 g/mol. The maximum Gasteiger partial charge on any atom is 0.471 e. The molecule has 0 aromatic heterocycles. The summed E-state index contributed by atoms with van der Waals surface area (Å²) in [6, 6.07) is 8.92. The molecule has 0 saturated carbocycles. The fourth-order valence-corrected chi connectivity index (χ4v) is 2.62. The maximum absolute atomic E-state index is 12.4. The van der Waals surface area contributed by atoms with Gasteiger partial charge in [0.1, 0.15) is 0 Å². The predicted octanol–water partition coefficient (Wildman–Crippen LogP) is 1.95. The Morgan fingerprint density at radius 3 is 2.33 bits per heavy atom. The summed E-state index contributed by atoms with van der Waals surface area (Å²) in [6.45, 7) is -0.588. The summed E-state index contributed by atoms with van der Waals surface area (Å²) < 4.78 is 37.3. The molecule has 1 fully saturated rings. The van der Waals surface area contributed by atoms with Gasteiger partial charge in [0.25, 0.3) is 0 Å². The number of likely N-dealkylation sites (tertiary alicyclic amines) is 1. The number of rotatable bonds is 3. The Kier molecular flexibility index (Phi) is 4.20. The van der Waals surface area contributed by atoms with Crippen LogP contribution in [0.1, 0.15) is 5.56 Å². The average Bonchev–Trinajstić information content (AvgIpc) is 2.82. The van der Waals surface area contributed by atoms with Crippen molar-refractivity contribution in [1.82, 2.24) is 4.90 Å². The standard InChI is InChI=1S/C14H14F3NO3/c15-14(16,17)13(21)18-7-10(11(8-18)12(19)20)6-9-4-2-1-3-5-9/h1-5,10-11H,6-8H2,(H,19,20)/t10-,11-/m1/s1. The fourth-order valence-electron chi connectivity index (χ4n) is 2.62. The number of carboxylic acid groups (broad SMARTS) is 1. The Morgan fingerprint density at radius 1 is 1.19 bits per heavy atom. The van der Waals surface area contributed by atoms with Crippen molar-refractivity contribution in [2.24, 2.45) is 11.8 Å². The second-order valence-electron chi connectivity index (χ2n) is 5.10. The second-order valence-corrected chi connectivity index (χ2v) is 5.10. The summed E-state index contributed by atoms with van der Waals surface area (Å²) in [7, 11) is 0. The molecule has 1 aromatic rings. The zero-order valence-electron chi connectivity index (χ0n) is 11.0. The Morgan fingerprint density at radius 2 is 1.81 bits per heavy atom. The Bertz CT molecular complexity index is 530. The van der Waals surface area contributed by atoms with Crippen molar-refractivity contribution in [2.75, 3.05) is 13.1 Å². The number of alkyl halides is 3. The third-order valence-corrected chi connectivity index (χ3v) is 3.63. The minimum atomic E-state index is -4.97. The molecule has 7 heteroatoms. The topological polar surface area (TPSA) is 57.6 Å². The highest BCUT2D eigenvalue weighted by Gasteiger charge is 2.48. The highest BCUT2D eigenvalue weighted by Crippen LogP contribution is 2.30. The first-order valence-corrected chi connectivity index (χ1v) is 6.42. The first kappa shape index (κ1) is 15.3. The third kappa shape index (κ3) is 3.53. The van der Waals surface area contributed by atoms with Crippen LogP contribution in [-0.2, 0) is 16.0 Å². The van der Waals surface area contributed by atoms with E-state index in [1.54, 1.807) is 30.3 Å². The van der Waals surface area contributed by atoms with Gasteiger partial charge in [-0.1, -0.05) is 30.3 Å². The number of halogens is 3. The van der Waals surface area contributed by atoms with Crippen molar-refractivity contribution in [3.63, 3.8) is 0 Å². The smallest absolute Gasteiger partial charge is 0.471 e. The summed E-state index contributed by atoms with van der Waals surface area (Å²) in [5, 5.41) is 9.14. The van der Waals surface area contributed by atoms with Crippen LogP contribution in [-0.4, -0.2) is 41.1 Å². The van der Waals surface area contributed by atoms with Gasteiger partial charge in [0.05, 0.1) is 5.92 Å². The third-order valence-electron chi connectivity index (χ3n) is 3.63. The zero-order chi connectivity index (χ0) is 15.6. The Labute approximate surface area is 119 Å². The molecular formula is C14H14F3NO3. The highest BCUT2D eigenvalue weighted by molar-refractivity contribution is 5.83. The summed E-state index contributed by atoms with van der Waals surface area (Å²) in [6.07, 6.45) is -4.63. The Balaban J connectivity index is 2.13. The minimum absolute atomic E-state index is 0.190. The van der Waals surface area contributed by atoms with Crippen LogP contribution in [0.5, 0.6) is 0 Å². The van der Waals surface area contributed by atoms with Gasteiger partial charge in [-0.05, 0) is 17.9 Å². The predicted molar refractivity (Wildman–Crippen MR) is 67.4 cm³/mol. The zero-order valence-corrected chi connectivity index (χ0v) is 11.0. The lowest BCUT2D eigenvalue weighted by molar-refractivity contribution is -0.184. The van der Waals surface area contributed by atoms with Crippen LogP contribution in [0.25, 0.3) is 0 Å². The van der Waals surface area contributed by atoms with Gasteiger partial charge >= 0.3 is 18.1 Å². The van der Waals surface area contributed by atoms with Crippen LogP contribution in [0.2, 0.25) is 0 Å². The molecule has 1 heterocycles. The van der Waals surface area contributed by atoms with Crippen molar-refractivity contribution in [1.29, 1.82) is 0 Å². The molecule has 1 saturated heterocycles.